The van der Waals surface area contributed by atoms with Crippen LogP contribution in [0.5, 0.6) is 0 Å². The molecule has 1 aliphatic rings. The van der Waals surface area contributed by atoms with Crippen LogP contribution in [0, 0.1) is 0 Å². The molecule has 2 N–H and O–H groups in total. The summed E-state index contributed by atoms with van der Waals surface area (Å²) in [5.41, 5.74) is 7.50. The molecule has 3 nitrogen and oxygen atoms in total. The van der Waals surface area contributed by atoms with Crippen LogP contribution in [0.2, 0.25) is 0 Å². The van der Waals surface area contributed by atoms with Crippen LogP contribution in [0.3, 0.4) is 0 Å². The van der Waals surface area contributed by atoms with Crippen molar-refractivity contribution < 1.29 is 4.74 Å². The van der Waals surface area contributed by atoms with Crippen molar-refractivity contribution in [1.29, 1.82) is 0 Å². The highest BCUT2D eigenvalue weighted by Crippen LogP contribution is 2.25. The largest absolute Gasteiger partial charge is 0.381 e. The molecule has 0 bridgehead atoms. The molecule has 1 unspecified atom stereocenters. The summed E-state index contributed by atoms with van der Waals surface area (Å²) < 4.78 is 5.45. The van der Waals surface area contributed by atoms with E-state index in [1.165, 1.54) is 5.56 Å². The Morgan fingerprint density at radius 2 is 1.89 bits per heavy atom. The molecule has 1 saturated heterocycles. The Balaban J connectivity index is 2.02. The van der Waals surface area contributed by atoms with E-state index in [0.717, 1.165) is 32.4 Å². The van der Waals surface area contributed by atoms with Gasteiger partial charge in [0.2, 0.25) is 0 Å². The topological polar surface area (TPSA) is 38.5 Å². The Hall–Kier alpha value is -0.900. The smallest absolute Gasteiger partial charge is 0.0595 e. The maximum atomic E-state index is 6.08. The van der Waals surface area contributed by atoms with Gasteiger partial charge in [-0.05, 0) is 31.7 Å². The van der Waals surface area contributed by atoms with Gasteiger partial charge in [0.05, 0.1) is 6.10 Å². The first kappa shape index (κ1) is 14.5. The number of hydrogen-bond donors (Lipinski definition) is 1. The Morgan fingerprint density at radius 1 is 1.26 bits per heavy atom. The Labute approximate surface area is 116 Å². The van der Waals surface area contributed by atoms with E-state index in [0.29, 0.717) is 12.6 Å². The zero-order valence-electron chi connectivity index (χ0n) is 12.1. The van der Waals surface area contributed by atoms with Gasteiger partial charge >= 0.3 is 0 Å². The third-order valence-electron chi connectivity index (χ3n) is 4.41. The summed E-state index contributed by atoms with van der Waals surface area (Å²) >= 11 is 0. The number of hydrogen-bond acceptors (Lipinski definition) is 3. The SMILES string of the molecule is COC1CCN(C(C)(CN)Cc2ccccc2)CC1. The highest BCUT2D eigenvalue weighted by atomic mass is 16.5. The molecule has 0 radical (unpaired) electrons. The fourth-order valence-electron chi connectivity index (χ4n) is 2.98. The van der Waals surface area contributed by atoms with Crippen molar-refractivity contribution in [3.63, 3.8) is 0 Å². The van der Waals surface area contributed by atoms with Crippen molar-refractivity contribution in [3.8, 4) is 0 Å². The molecule has 1 aromatic rings. The quantitative estimate of drug-likeness (QED) is 0.882. The average molecular weight is 262 g/mol. The predicted molar refractivity (Wildman–Crippen MR) is 79.2 cm³/mol. The number of piperidine rings is 1. The minimum Gasteiger partial charge on any atom is -0.381 e. The van der Waals surface area contributed by atoms with Gasteiger partial charge in [-0.1, -0.05) is 30.3 Å². The van der Waals surface area contributed by atoms with E-state index in [2.05, 4.69) is 42.2 Å². The van der Waals surface area contributed by atoms with E-state index < -0.39 is 0 Å². The Morgan fingerprint density at radius 3 is 2.42 bits per heavy atom. The number of benzene rings is 1. The summed E-state index contributed by atoms with van der Waals surface area (Å²) in [5, 5.41) is 0. The number of nitrogens with two attached hydrogens (primary N) is 1. The van der Waals surface area contributed by atoms with Gasteiger partial charge in [0, 0.05) is 32.3 Å². The summed E-state index contributed by atoms with van der Waals surface area (Å²) in [5.74, 6) is 0. The molecule has 106 valence electrons. The van der Waals surface area contributed by atoms with Gasteiger partial charge in [0.15, 0.2) is 0 Å². The second-order valence-electron chi connectivity index (χ2n) is 5.79. The molecule has 1 heterocycles. The second-order valence-corrected chi connectivity index (χ2v) is 5.79. The average Bonchev–Trinajstić information content (AvgIpc) is 2.48. The molecule has 0 aromatic heterocycles. The van der Waals surface area contributed by atoms with Crippen LogP contribution < -0.4 is 5.73 Å². The predicted octanol–water partition coefficient (Wildman–Crippen LogP) is 2.06. The standard InChI is InChI=1S/C16H26N2O/c1-16(13-17,12-14-6-4-3-5-7-14)18-10-8-15(19-2)9-11-18/h3-7,15H,8-13,17H2,1-2H3. The molecular weight excluding hydrogens is 236 g/mol. The zero-order chi connectivity index (χ0) is 13.7. The van der Waals surface area contributed by atoms with Crippen LogP contribution in [0.15, 0.2) is 30.3 Å². The van der Waals surface area contributed by atoms with E-state index in [1.807, 2.05) is 7.11 Å². The van der Waals surface area contributed by atoms with Gasteiger partial charge in [0.1, 0.15) is 0 Å². The maximum Gasteiger partial charge on any atom is 0.0595 e. The molecule has 0 spiro atoms. The summed E-state index contributed by atoms with van der Waals surface area (Å²) in [4.78, 5) is 2.54. The first-order chi connectivity index (χ1) is 9.18. The van der Waals surface area contributed by atoms with Gasteiger partial charge in [-0.3, -0.25) is 4.90 Å². The highest BCUT2D eigenvalue weighted by molar-refractivity contribution is 5.18. The van der Waals surface area contributed by atoms with Crippen LogP contribution >= 0.6 is 0 Å². The monoisotopic (exact) mass is 262 g/mol. The highest BCUT2D eigenvalue weighted by Gasteiger charge is 2.33. The van der Waals surface area contributed by atoms with Gasteiger partial charge < -0.3 is 10.5 Å². The lowest BCUT2D eigenvalue weighted by atomic mass is 9.88. The van der Waals surface area contributed by atoms with Crippen LogP contribution in [-0.2, 0) is 11.2 Å². The van der Waals surface area contributed by atoms with Gasteiger partial charge in [0.25, 0.3) is 0 Å². The first-order valence-corrected chi connectivity index (χ1v) is 7.20. The van der Waals surface area contributed by atoms with Crippen molar-refractivity contribution in [2.75, 3.05) is 26.7 Å². The van der Waals surface area contributed by atoms with E-state index >= 15 is 0 Å². The number of methoxy groups -OCH3 is 1. The van der Waals surface area contributed by atoms with E-state index in [1.54, 1.807) is 0 Å². The third-order valence-corrected chi connectivity index (χ3v) is 4.41. The fraction of sp³-hybridized carbons (Fsp3) is 0.625. The van der Waals surface area contributed by atoms with Crippen molar-refractivity contribution in [3.05, 3.63) is 35.9 Å². The molecule has 2 rings (SSSR count). The normalized spacial score (nSPS) is 21.2. The minimum atomic E-state index is 0.0556. The summed E-state index contributed by atoms with van der Waals surface area (Å²) in [6.07, 6.45) is 3.67. The lowest BCUT2D eigenvalue weighted by molar-refractivity contribution is 0.00362. The Kier molecular flexibility index (Phi) is 4.97. The number of nitrogens with zero attached hydrogens (tertiary/aromatic N) is 1. The van der Waals surface area contributed by atoms with E-state index in [4.69, 9.17) is 10.5 Å². The van der Waals surface area contributed by atoms with Crippen LogP contribution in [0.1, 0.15) is 25.3 Å². The van der Waals surface area contributed by atoms with Crippen molar-refractivity contribution in [2.24, 2.45) is 5.73 Å². The molecule has 1 aromatic carbocycles. The van der Waals surface area contributed by atoms with E-state index in [9.17, 15) is 0 Å². The number of ether oxygens (including phenoxy) is 1. The van der Waals surface area contributed by atoms with Gasteiger partial charge in [-0.2, -0.15) is 0 Å². The van der Waals surface area contributed by atoms with Crippen molar-refractivity contribution >= 4 is 0 Å². The zero-order valence-corrected chi connectivity index (χ0v) is 12.1. The summed E-state index contributed by atoms with van der Waals surface area (Å²) in [7, 11) is 1.81. The first-order valence-electron chi connectivity index (χ1n) is 7.20. The molecule has 1 atom stereocenters. The van der Waals surface area contributed by atoms with Gasteiger partial charge in [-0.15, -0.1) is 0 Å². The molecule has 19 heavy (non-hydrogen) atoms. The van der Waals surface area contributed by atoms with Crippen LogP contribution in [-0.4, -0.2) is 43.3 Å². The number of likely N-dealkylation sites (tertiary alicyclic amines) is 1. The molecule has 0 aliphatic carbocycles. The minimum absolute atomic E-state index is 0.0556. The molecule has 1 fully saturated rings. The van der Waals surface area contributed by atoms with Crippen molar-refractivity contribution in [1.82, 2.24) is 4.90 Å². The summed E-state index contributed by atoms with van der Waals surface area (Å²) in [6, 6.07) is 10.6. The molecule has 0 amide bonds. The van der Waals surface area contributed by atoms with E-state index in [-0.39, 0.29) is 5.54 Å². The lowest BCUT2D eigenvalue weighted by Crippen LogP contribution is -2.56. The van der Waals surface area contributed by atoms with Crippen LogP contribution in [0.4, 0.5) is 0 Å². The molecule has 1 aliphatic heterocycles. The van der Waals surface area contributed by atoms with Crippen LogP contribution in [0.25, 0.3) is 0 Å². The number of rotatable bonds is 5. The molecule has 3 heteroatoms. The second kappa shape index (κ2) is 6.51. The van der Waals surface area contributed by atoms with Gasteiger partial charge in [-0.25, -0.2) is 0 Å². The maximum absolute atomic E-state index is 6.08. The molecule has 0 saturated carbocycles. The third kappa shape index (κ3) is 3.56. The summed E-state index contributed by atoms with van der Waals surface area (Å²) in [6.45, 7) is 5.14. The lowest BCUT2D eigenvalue weighted by Gasteiger charge is -2.44. The fourth-order valence-corrected chi connectivity index (χ4v) is 2.98. The molecular formula is C16H26N2O. The van der Waals surface area contributed by atoms with Crippen molar-refractivity contribution in [2.45, 2.75) is 37.8 Å². The Bertz CT molecular complexity index is 374.